The van der Waals surface area contributed by atoms with E-state index >= 15 is 0 Å². The van der Waals surface area contributed by atoms with E-state index in [2.05, 4.69) is 47.2 Å². The van der Waals surface area contributed by atoms with Crippen LogP contribution in [-0.2, 0) is 9.59 Å². The van der Waals surface area contributed by atoms with E-state index in [1.165, 1.54) is 25.9 Å². The normalized spacial score (nSPS) is 16.2. The number of benzene rings is 2. The lowest BCUT2D eigenvalue weighted by molar-refractivity contribution is -0.118. The van der Waals surface area contributed by atoms with Gasteiger partial charge in [0.25, 0.3) is 11.8 Å². The SMILES string of the molecule is Cc1ccc(OCC(=O)Nc2ccc3nc(N4CCC(N5CCCC5)CC4)nc(C)c3n2)cc1.Cc1ccc(OCC(=O)Nc2ccc3nc(N4CCCN(C)CC4)nc(C)c3n2)cc1. The zero-order chi connectivity index (χ0) is 45.3. The number of nitrogens with zero attached hydrogens (tertiary/aromatic N) is 10. The fourth-order valence-electron chi connectivity index (χ4n) is 8.42. The molecule has 3 aliphatic heterocycles. The molecule has 0 bridgehead atoms. The third-order valence-corrected chi connectivity index (χ3v) is 12.1. The monoisotopic (exact) mass is 880 g/mol. The predicted octanol–water partition coefficient (Wildman–Crippen LogP) is 6.52. The van der Waals surface area contributed by atoms with Crippen LogP contribution in [0.4, 0.5) is 23.5 Å². The first-order valence-electron chi connectivity index (χ1n) is 22.7. The molecular formula is C49H60N12O4. The minimum atomic E-state index is -0.267. The summed E-state index contributed by atoms with van der Waals surface area (Å²) in [6.07, 6.45) is 6.08. The van der Waals surface area contributed by atoms with E-state index < -0.39 is 0 Å². The number of likely N-dealkylation sites (N-methyl/N-ethyl adjacent to an activating group) is 1. The molecule has 2 N–H and O–H groups in total. The molecule has 0 saturated carbocycles. The number of carbonyl (C=O) groups is 2. The topological polar surface area (TPSA) is 167 Å². The second kappa shape index (κ2) is 21.0. The Morgan fingerprint density at radius 2 is 1.02 bits per heavy atom. The maximum atomic E-state index is 12.3. The molecule has 2 aromatic carbocycles. The number of amides is 2. The number of fused-ring (bicyclic) bond motifs is 2. The number of piperidine rings is 1. The molecule has 3 aliphatic rings. The average Bonchev–Trinajstić information content (AvgIpc) is 3.77. The summed E-state index contributed by atoms with van der Waals surface area (Å²) in [5.74, 6) is 3.23. The Balaban J connectivity index is 0.000000178. The van der Waals surface area contributed by atoms with Crippen molar-refractivity contribution in [1.29, 1.82) is 0 Å². The van der Waals surface area contributed by atoms with Gasteiger partial charge in [0.2, 0.25) is 11.9 Å². The van der Waals surface area contributed by atoms with Crippen LogP contribution >= 0.6 is 0 Å². The van der Waals surface area contributed by atoms with Gasteiger partial charge in [-0.3, -0.25) is 9.59 Å². The summed E-state index contributed by atoms with van der Waals surface area (Å²) in [6, 6.07) is 23.2. The van der Waals surface area contributed by atoms with Crippen LogP contribution in [0.15, 0.2) is 72.8 Å². The Morgan fingerprint density at radius 1 is 0.538 bits per heavy atom. The van der Waals surface area contributed by atoms with E-state index in [1.54, 1.807) is 12.1 Å². The molecule has 3 saturated heterocycles. The first-order valence-corrected chi connectivity index (χ1v) is 22.7. The molecule has 7 heterocycles. The molecule has 0 atom stereocenters. The Labute approximate surface area is 380 Å². The zero-order valence-corrected chi connectivity index (χ0v) is 38.2. The lowest BCUT2D eigenvalue weighted by Gasteiger charge is -2.36. The number of hydrogen-bond donors (Lipinski definition) is 2. The van der Waals surface area contributed by atoms with Crippen molar-refractivity contribution in [3.8, 4) is 11.5 Å². The van der Waals surface area contributed by atoms with Crippen molar-refractivity contribution in [1.82, 2.24) is 39.7 Å². The highest BCUT2D eigenvalue weighted by atomic mass is 16.5. The fourth-order valence-corrected chi connectivity index (χ4v) is 8.42. The number of aromatic nitrogens is 6. The molecule has 9 rings (SSSR count). The summed E-state index contributed by atoms with van der Waals surface area (Å²) in [5.41, 5.74) is 6.84. The maximum Gasteiger partial charge on any atom is 0.263 e. The first kappa shape index (κ1) is 45.1. The number of ether oxygens (including phenoxy) is 2. The van der Waals surface area contributed by atoms with E-state index in [1.807, 2.05) is 88.4 Å². The van der Waals surface area contributed by atoms with Gasteiger partial charge in [-0.1, -0.05) is 35.4 Å². The van der Waals surface area contributed by atoms with Crippen molar-refractivity contribution < 1.29 is 19.1 Å². The van der Waals surface area contributed by atoms with E-state index in [-0.39, 0.29) is 25.0 Å². The number of aryl methyl sites for hydroxylation is 4. The van der Waals surface area contributed by atoms with E-state index in [0.717, 1.165) is 104 Å². The van der Waals surface area contributed by atoms with Gasteiger partial charge in [0, 0.05) is 38.8 Å². The molecule has 0 aliphatic carbocycles. The highest BCUT2D eigenvalue weighted by molar-refractivity contribution is 5.93. The van der Waals surface area contributed by atoms with Gasteiger partial charge in [0.15, 0.2) is 13.2 Å². The number of likely N-dealkylation sites (tertiary alicyclic amines) is 1. The van der Waals surface area contributed by atoms with Gasteiger partial charge in [-0.15, -0.1) is 0 Å². The quantitative estimate of drug-likeness (QED) is 0.144. The Hall–Kier alpha value is -6.52. The molecule has 4 aromatic heterocycles. The van der Waals surface area contributed by atoms with Crippen molar-refractivity contribution in [2.45, 2.75) is 65.8 Å². The summed E-state index contributed by atoms with van der Waals surface area (Å²) < 4.78 is 11.1. The highest BCUT2D eigenvalue weighted by Gasteiger charge is 2.28. The molecule has 16 heteroatoms. The largest absolute Gasteiger partial charge is 0.484 e. The molecule has 0 radical (unpaired) electrons. The van der Waals surface area contributed by atoms with Gasteiger partial charge >= 0.3 is 0 Å². The third kappa shape index (κ3) is 12.0. The van der Waals surface area contributed by atoms with Crippen LogP contribution in [0.25, 0.3) is 22.1 Å². The molecular weight excluding hydrogens is 821 g/mol. The van der Waals surface area contributed by atoms with E-state index in [9.17, 15) is 9.59 Å². The minimum Gasteiger partial charge on any atom is -0.484 e. The predicted molar refractivity (Wildman–Crippen MR) is 255 cm³/mol. The van der Waals surface area contributed by atoms with Crippen molar-refractivity contribution in [3.05, 3.63) is 95.3 Å². The Bertz CT molecular complexity index is 2580. The standard InChI is InChI=1S/C26H32N6O2.C23H28N6O2/c1-18-5-7-21(8-6-18)34-17-24(33)29-23-10-9-22-25(30-23)19(2)27-26(28-22)32-15-11-20(12-16-32)31-13-3-4-14-31;1-16-5-7-18(8-6-16)31-15-21(30)26-20-10-9-19-22(27-20)17(2)24-23(25-19)29-12-4-11-28(3)13-14-29/h5-10,20H,3-4,11-17H2,1-2H3,(H,29,30,33);5-10H,4,11-15H2,1-3H3,(H,26,27,30). The second-order valence-corrected chi connectivity index (χ2v) is 17.3. The van der Waals surface area contributed by atoms with Crippen LogP contribution in [-0.4, -0.2) is 130 Å². The number of nitrogens with one attached hydrogen (secondary N) is 2. The van der Waals surface area contributed by atoms with Crippen LogP contribution in [0, 0.1) is 27.7 Å². The summed E-state index contributed by atoms with van der Waals surface area (Å²) >= 11 is 0. The number of rotatable bonds is 11. The zero-order valence-electron chi connectivity index (χ0n) is 38.2. The minimum absolute atomic E-state index is 0.0788. The summed E-state index contributed by atoms with van der Waals surface area (Å²) in [4.78, 5) is 62.2. The molecule has 340 valence electrons. The van der Waals surface area contributed by atoms with Gasteiger partial charge in [-0.2, -0.15) is 0 Å². The van der Waals surface area contributed by atoms with Crippen LogP contribution in [0.3, 0.4) is 0 Å². The van der Waals surface area contributed by atoms with Crippen molar-refractivity contribution in [2.24, 2.45) is 0 Å². The lowest BCUT2D eigenvalue weighted by atomic mass is 10.0. The smallest absolute Gasteiger partial charge is 0.263 e. The van der Waals surface area contributed by atoms with E-state index in [0.29, 0.717) is 40.2 Å². The second-order valence-electron chi connectivity index (χ2n) is 17.3. The van der Waals surface area contributed by atoms with Crippen LogP contribution in [0.5, 0.6) is 11.5 Å². The fraction of sp³-hybridized carbons (Fsp3) is 0.429. The van der Waals surface area contributed by atoms with Crippen LogP contribution < -0.4 is 29.9 Å². The highest BCUT2D eigenvalue weighted by Crippen LogP contribution is 2.26. The summed E-state index contributed by atoms with van der Waals surface area (Å²) in [5, 5.41) is 5.59. The Kier molecular flexibility index (Phi) is 14.5. The maximum absolute atomic E-state index is 12.3. The Morgan fingerprint density at radius 3 is 1.51 bits per heavy atom. The van der Waals surface area contributed by atoms with Crippen LogP contribution in [0.1, 0.15) is 54.6 Å². The molecule has 0 spiro atoms. The molecule has 3 fully saturated rings. The summed E-state index contributed by atoms with van der Waals surface area (Å²) in [7, 11) is 2.14. The van der Waals surface area contributed by atoms with E-state index in [4.69, 9.17) is 29.4 Å². The van der Waals surface area contributed by atoms with Crippen molar-refractivity contribution >= 4 is 57.4 Å². The summed E-state index contributed by atoms with van der Waals surface area (Å²) in [6.45, 7) is 16.1. The molecule has 16 nitrogen and oxygen atoms in total. The number of carbonyl (C=O) groups excluding carboxylic acids is 2. The van der Waals surface area contributed by atoms with Gasteiger partial charge in [-0.25, -0.2) is 29.9 Å². The first-order chi connectivity index (χ1) is 31.5. The van der Waals surface area contributed by atoms with Gasteiger partial charge in [0.05, 0.1) is 22.4 Å². The number of hydrogen-bond acceptors (Lipinski definition) is 14. The number of pyridine rings is 2. The van der Waals surface area contributed by atoms with Gasteiger partial charge in [0.1, 0.15) is 34.2 Å². The van der Waals surface area contributed by atoms with Crippen molar-refractivity contribution in [2.75, 3.05) is 93.1 Å². The molecule has 2 amide bonds. The van der Waals surface area contributed by atoms with Crippen molar-refractivity contribution in [3.63, 3.8) is 0 Å². The molecule has 0 unspecified atom stereocenters. The molecule has 6 aromatic rings. The molecule has 65 heavy (non-hydrogen) atoms. The van der Waals surface area contributed by atoms with Gasteiger partial charge in [-0.05, 0) is 135 Å². The average molecular weight is 881 g/mol. The lowest BCUT2D eigenvalue weighted by Crippen LogP contribution is -2.44. The number of anilines is 4. The van der Waals surface area contributed by atoms with Crippen LogP contribution in [0.2, 0.25) is 0 Å². The van der Waals surface area contributed by atoms with Gasteiger partial charge < -0.3 is 39.7 Å². The third-order valence-electron chi connectivity index (χ3n) is 12.1.